The Morgan fingerprint density at radius 1 is 1.50 bits per heavy atom. The van der Waals surface area contributed by atoms with Crippen LogP contribution in [0.5, 0.6) is 0 Å². The van der Waals surface area contributed by atoms with Crippen LogP contribution in [-0.4, -0.2) is 10.5 Å². The monoisotopic (exact) mass is 165 g/mol. The molecule has 0 aromatic carbocycles. The average Bonchev–Trinajstić information content (AvgIpc) is 1.60. The minimum atomic E-state index is -2.47. The van der Waals surface area contributed by atoms with Gasteiger partial charge in [0.2, 0.25) is 0 Å². The van der Waals surface area contributed by atoms with Gasteiger partial charge in [0.05, 0.1) is 0 Å². The molecule has 1 unspecified atom stereocenters. The van der Waals surface area contributed by atoms with E-state index in [1.807, 2.05) is 13.8 Å². The molecule has 0 radical (unpaired) electrons. The fraction of sp³-hybridized carbons (Fsp3) is 1.00. The van der Waals surface area contributed by atoms with Crippen LogP contribution in [0.25, 0.3) is 0 Å². The Morgan fingerprint density at radius 2 is 1.90 bits per heavy atom. The third kappa shape index (κ3) is 3.25. The lowest BCUT2D eigenvalue weighted by Crippen LogP contribution is -2.28. The largest absolute Gasteiger partial charge is 0.695 e. The molecule has 0 bridgehead atoms. The van der Waals surface area contributed by atoms with Gasteiger partial charge in [0, 0.05) is 4.57 Å². The molecule has 60 valence electrons. The Kier molecular flexibility index (Phi) is 3.43. The molecule has 0 spiro atoms. The van der Waals surface area contributed by atoms with Crippen molar-refractivity contribution in [3.63, 3.8) is 0 Å². The molecule has 0 saturated heterocycles. The first-order chi connectivity index (χ1) is 4.36. The molecule has 3 nitrogen and oxygen atoms in total. The molecule has 0 rings (SSSR count). The van der Waals surface area contributed by atoms with E-state index in [2.05, 4.69) is 0 Å². The summed E-state index contributed by atoms with van der Waals surface area (Å²) < 4.78 is 15.0. The normalized spacial score (nSPS) is 14.0. The molecule has 0 aliphatic heterocycles. The van der Waals surface area contributed by atoms with E-state index in [-0.39, 0.29) is 5.92 Å². The van der Waals surface area contributed by atoms with E-state index < -0.39 is 13.9 Å². The topological polar surface area (TPSA) is 46.5 Å². The molecule has 0 aromatic rings. The Balaban J connectivity index is 3.99. The van der Waals surface area contributed by atoms with Crippen molar-refractivity contribution < 1.29 is 14.0 Å². The van der Waals surface area contributed by atoms with Crippen molar-refractivity contribution in [1.82, 2.24) is 0 Å². The van der Waals surface area contributed by atoms with Crippen molar-refractivity contribution in [2.45, 2.75) is 33.3 Å². The van der Waals surface area contributed by atoms with Gasteiger partial charge in [0.1, 0.15) is 5.60 Å². The first-order valence-electron chi connectivity index (χ1n) is 3.21. The molecule has 0 fully saturated rings. The summed E-state index contributed by atoms with van der Waals surface area (Å²) >= 11 is 0. The lowest BCUT2D eigenvalue weighted by atomic mass is 9.95. The highest BCUT2D eigenvalue weighted by atomic mass is 31.1. The molecule has 0 heterocycles. The molecular weight excluding hydrogens is 151 g/mol. The van der Waals surface area contributed by atoms with Crippen molar-refractivity contribution in [2.75, 3.05) is 0 Å². The van der Waals surface area contributed by atoms with E-state index in [1.165, 1.54) is 0 Å². The van der Waals surface area contributed by atoms with Crippen LogP contribution in [0.4, 0.5) is 0 Å². The minimum absolute atomic E-state index is 0.235. The summed E-state index contributed by atoms with van der Waals surface area (Å²) in [5.41, 5.74) is -0.512. The van der Waals surface area contributed by atoms with Gasteiger partial charge in [-0.05, 0) is 19.8 Å². The zero-order valence-corrected chi connectivity index (χ0v) is 7.68. The fourth-order valence-corrected chi connectivity index (χ4v) is 0.920. The maximum Gasteiger partial charge on any atom is 0.695 e. The smallest absolute Gasteiger partial charge is 0.133 e. The Hall–Kier alpha value is 0.0200. The highest BCUT2D eigenvalue weighted by Crippen LogP contribution is 2.30. The second-order valence-electron chi connectivity index (χ2n) is 3.09. The van der Waals surface area contributed by atoms with E-state index in [0.29, 0.717) is 0 Å². The van der Waals surface area contributed by atoms with Gasteiger partial charge in [-0.25, -0.2) is 0 Å². The van der Waals surface area contributed by atoms with Gasteiger partial charge in [0.25, 0.3) is 0 Å². The van der Waals surface area contributed by atoms with Crippen LogP contribution in [0.3, 0.4) is 0 Å². The maximum absolute atomic E-state index is 10.2. The summed E-state index contributed by atoms with van der Waals surface area (Å²) in [5.74, 6) is 0.235. The van der Waals surface area contributed by atoms with Gasteiger partial charge >= 0.3 is 8.25 Å². The zero-order chi connectivity index (χ0) is 8.36. The van der Waals surface area contributed by atoms with Gasteiger partial charge in [-0.1, -0.05) is 13.8 Å². The summed E-state index contributed by atoms with van der Waals surface area (Å²) in [7, 11) is -2.47. The highest BCUT2D eigenvalue weighted by molar-refractivity contribution is 7.32. The van der Waals surface area contributed by atoms with Gasteiger partial charge in [0.15, 0.2) is 0 Å². The van der Waals surface area contributed by atoms with Crippen LogP contribution in [-0.2, 0) is 9.09 Å². The van der Waals surface area contributed by atoms with Crippen molar-refractivity contribution >= 4 is 8.25 Å². The maximum atomic E-state index is 10.2. The molecule has 0 amide bonds. The third-order valence-electron chi connectivity index (χ3n) is 1.70. The summed E-state index contributed by atoms with van der Waals surface area (Å²) in [4.78, 5) is 8.42. The second-order valence-corrected chi connectivity index (χ2v) is 3.75. The lowest BCUT2D eigenvalue weighted by Gasteiger charge is -2.20. The molecule has 1 atom stereocenters. The van der Waals surface area contributed by atoms with Gasteiger partial charge < -0.3 is 0 Å². The predicted octanol–water partition coefficient (Wildman–Crippen LogP) is 2.09. The van der Waals surface area contributed by atoms with E-state index in [4.69, 9.17) is 9.42 Å². The summed E-state index contributed by atoms with van der Waals surface area (Å²) in [6.45, 7) is 7.47. The lowest BCUT2D eigenvalue weighted by molar-refractivity contribution is 0.0564. The van der Waals surface area contributed by atoms with Crippen molar-refractivity contribution in [3.8, 4) is 0 Å². The van der Waals surface area contributed by atoms with Gasteiger partial charge in [-0.15, -0.1) is 9.42 Å². The Morgan fingerprint density at radius 3 is 2.00 bits per heavy atom. The van der Waals surface area contributed by atoms with Crippen molar-refractivity contribution in [2.24, 2.45) is 5.92 Å². The number of hydrogen-bond acceptors (Lipinski definition) is 2. The second kappa shape index (κ2) is 3.42. The average molecular weight is 165 g/mol. The van der Waals surface area contributed by atoms with Crippen molar-refractivity contribution in [1.29, 1.82) is 0 Å². The van der Waals surface area contributed by atoms with Crippen molar-refractivity contribution in [3.05, 3.63) is 0 Å². The van der Waals surface area contributed by atoms with Crippen LogP contribution >= 0.6 is 8.25 Å². The molecule has 0 saturated carbocycles. The molecule has 0 aliphatic carbocycles. The quantitative estimate of drug-likeness (QED) is 0.651. The first-order valence-corrected chi connectivity index (χ1v) is 4.34. The highest BCUT2D eigenvalue weighted by Gasteiger charge is 2.33. The summed E-state index contributed by atoms with van der Waals surface area (Å²) in [5, 5.41) is 0. The molecule has 0 aliphatic rings. The van der Waals surface area contributed by atoms with E-state index in [0.717, 1.165) is 0 Å². The predicted molar refractivity (Wildman–Crippen MR) is 39.8 cm³/mol. The molecule has 1 N–H and O–H groups in total. The van der Waals surface area contributed by atoms with Crippen LogP contribution in [0.1, 0.15) is 27.7 Å². The Bertz CT molecular complexity index is 131. The molecule has 4 heteroatoms. The number of hydrogen-bond donors (Lipinski definition) is 1. The van der Waals surface area contributed by atoms with E-state index in [9.17, 15) is 4.57 Å². The van der Waals surface area contributed by atoms with Crippen LogP contribution in [0, 0.1) is 5.92 Å². The minimum Gasteiger partial charge on any atom is -0.133 e. The molecular formula is C6H14O3P+. The summed E-state index contributed by atoms with van der Waals surface area (Å²) in [6, 6.07) is 0. The fourth-order valence-electron chi connectivity index (χ4n) is 0.307. The SMILES string of the molecule is CC(C)C(C)(C)O[P+](=O)O. The van der Waals surface area contributed by atoms with Crippen LogP contribution < -0.4 is 0 Å². The van der Waals surface area contributed by atoms with Crippen LogP contribution in [0.15, 0.2) is 0 Å². The standard InChI is InChI=1S/C6H13O3P/c1-5(2)6(3,4)9-10(7)8/h5H,1-4H3/p+1. The molecule has 0 aromatic heterocycles. The van der Waals surface area contributed by atoms with Gasteiger partial charge in [-0.2, -0.15) is 0 Å². The van der Waals surface area contributed by atoms with Gasteiger partial charge in [-0.3, -0.25) is 0 Å². The first kappa shape index (κ1) is 10.0. The van der Waals surface area contributed by atoms with Crippen LogP contribution in [0.2, 0.25) is 0 Å². The number of rotatable bonds is 3. The third-order valence-corrected chi connectivity index (χ3v) is 2.33. The summed E-state index contributed by atoms with van der Waals surface area (Å²) in [6.07, 6.45) is 0. The Labute approximate surface area is 62.3 Å². The zero-order valence-electron chi connectivity index (χ0n) is 6.79. The van der Waals surface area contributed by atoms with E-state index in [1.54, 1.807) is 13.8 Å². The molecule has 10 heavy (non-hydrogen) atoms. The van der Waals surface area contributed by atoms with E-state index >= 15 is 0 Å².